The Morgan fingerprint density at radius 2 is 1.94 bits per heavy atom. The fourth-order valence-corrected chi connectivity index (χ4v) is 4.48. The Balaban J connectivity index is 1.59. The lowest BCUT2D eigenvalue weighted by atomic mass is 10.1. The van der Waals surface area contributed by atoms with E-state index in [-0.39, 0.29) is 43.0 Å². The molecule has 3 rings (SSSR count). The first-order valence-corrected chi connectivity index (χ1v) is 12.3. The molecule has 1 N–H and O–H groups in total. The molecule has 0 bridgehead atoms. The van der Waals surface area contributed by atoms with Crippen molar-refractivity contribution in [2.24, 2.45) is 0 Å². The summed E-state index contributed by atoms with van der Waals surface area (Å²) < 4.78 is 5.07. The molecule has 1 aliphatic heterocycles. The first-order valence-electron chi connectivity index (χ1n) is 10.6. The van der Waals surface area contributed by atoms with Crippen molar-refractivity contribution < 1.29 is 19.1 Å². The summed E-state index contributed by atoms with van der Waals surface area (Å²) in [5.74, 6) is -0.716. The summed E-state index contributed by atoms with van der Waals surface area (Å²) in [4.78, 5) is 45.6. The van der Waals surface area contributed by atoms with Crippen LogP contribution in [0.2, 0.25) is 10.0 Å². The third-order valence-corrected chi connectivity index (χ3v) is 6.74. The van der Waals surface area contributed by atoms with Crippen LogP contribution < -0.4 is 5.32 Å². The first kappa shape index (κ1) is 25.4. The first-order chi connectivity index (χ1) is 15.9. The number of thiazole rings is 1. The molecule has 0 atom stereocenters. The van der Waals surface area contributed by atoms with E-state index in [0.717, 1.165) is 32.4 Å². The van der Waals surface area contributed by atoms with Crippen LogP contribution in [0.5, 0.6) is 0 Å². The Morgan fingerprint density at radius 1 is 1.18 bits per heavy atom. The number of amides is 3. The number of nitrogens with one attached hydrogen (secondary N) is 1. The van der Waals surface area contributed by atoms with Gasteiger partial charge in [-0.05, 0) is 37.5 Å². The van der Waals surface area contributed by atoms with Crippen LogP contribution in [-0.4, -0.2) is 72.4 Å². The number of anilines is 1. The maximum atomic E-state index is 12.9. The van der Waals surface area contributed by atoms with Gasteiger partial charge in [0.15, 0.2) is 5.13 Å². The zero-order valence-corrected chi connectivity index (χ0v) is 20.6. The number of aromatic nitrogens is 1. The van der Waals surface area contributed by atoms with Gasteiger partial charge in [0, 0.05) is 37.7 Å². The van der Waals surface area contributed by atoms with Gasteiger partial charge in [0.25, 0.3) is 5.91 Å². The zero-order chi connectivity index (χ0) is 23.8. The molecular formula is C22H26Cl2N4O4S. The summed E-state index contributed by atoms with van der Waals surface area (Å²) in [6, 6.07) is 4.56. The van der Waals surface area contributed by atoms with Gasteiger partial charge in [0.2, 0.25) is 11.8 Å². The number of likely N-dealkylation sites (tertiary alicyclic amines) is 1. The van der Waals surface area contributed by atoms with Gasteiger partial charge in [-0.3, -0.25) is 14.4 Å². The highest BCUT2D eigenvalue weighted by molar-refractivity contribution is 7.13. The highest BCUT2D eigenvalue weighted by Gasteiger charge is 2.21. The zero-order valence-electron chi connectivity index (χ0n) is 18.3. The number of piperidine rings is 1. The molecule has 0 unspecified atom stereocenters. The van der Waals surface area contributed by atoms with Crippen LogP contribution in [0, 0.1) is 0 Å². The van der Waals surface area contributed by atoms with Crippen molar-refractivity contribution in [2.75, 3.05) is 45.2 Å². The molecule has 0 saturated carbocycles. The molecule has 2 heterocycles. The summed E-state index contributed by atoms with van der Waals surface area (Å²) in [7, 11) is 1.52. The molecule has 1 saturated heterocycles. The minimum absolute atomic E-state index is 0.0517. The number of ether oxygens (including phenoxy) is 1. The second-order valence-electron chi connectivity index (χ2n) is 7.66. The van der Waals surface area contributed by atoms with Crippen LogP contribution in [-0.2, 0) is 20.7 Å². The predicted molar refractivity (Wildman–Crippen MR) is 129 cm³/mol. The van der Waals surface area contributed by atoms with Gasteiger partial charge in [-0.2, -0.15) is 0 Å². The minimum Gasteiger partial charge on any atom is -0.383 e. The van der Waals surface area contributed by atoms with Crippen molar-refractivity contribution in [3.8, 4) is 0 Å². The Bertz CT molecular complexity index is 995. The number of carbonyl (C=O) groups excluding carboxylic acids is 3. The van der Waals surface area contributed by atoms with Gasteiger partial charge in [-0.25, -0.2) is 4.98 Å². The smallest absolute Gasteiger partial charge is 0.254 e. The summed E-state index contributed by atoms with van der Waals surface area (Å²) in [6.45, 7) is 1.87. The lowest BCUT2D eigenvalue weighted by Crippen LogP contribution is -2.40. The standard InChI is InChI=1S/C22H26Cl2N4O4S/c1-32-10-9-28(21(31)15-5-6-17(23)18(24)11-15)13-19(29)26-22-25-16(14-33-22)12-20(30)27-7-3-2-4-8-27/h5-6,11,14H,2-4,7-10,12-13H2,1H3,(H,25,26,29). The molecule has 1 aromatic carbocycles. The number of methoxy groups -OCH3 is 1. The van der Waals surface area contributed by atoms with Crippen molar-refractivity contribution >= 4 is 57.4 Å². The van der Waals surface area contributed by atoms with Crippen LogP contribution in [0.1, 0.15) is 35.3 Å². The van der Waals surface area contributed by atoms with Gasteiger partial charge in [0.1, 0.15) is 6.54 Å². The Kier molecular flexibility index (Phi) is 9.49. The Morgan fingerprint density at radius 3 is 2.64 bits per heavy atom. The second kappa shape index (κ2) is 12.3. The molecule has 1 aromatic heterocycles. The van der Waals surface area contributed by atoms with E-state index < -0.39 is 5.91 Å². The van der Waals surface area contributed by atoms with Gasteiger partial charge in [-0.15, -0.1) is 11.3 Å². The summed E-state index contributed by atoms with van der Waals surface area (Å²) >= 11 is 13.2. The number of halogens is 2. The largest absolute Gasteiger partial charge is 0.383 e. The molecule has 1 fully saturated rings. The molecule has 33 heavy (non-hydrogen) atoms. The molecule has 0 spiro atoms. The molecule has 178 valence electrons. The molecule has 2 aromatic rings. The topological polar surface area (TPSA) is 91.8 Å². The van der Waals surface area contributed by atoms with E-state index in [1.165, 1.54) is 35.5 Å². The van der Waals surface area contributed by atoms with E-state index in [0.29, 0.717) is 21.4 Å². The van der Waals surface area contributed by atoms with Crippen LogP contribution in [0.15, 0.2) is 23.6 Å². The lowest BCUT2D eigenvalue weighted by molar-refractivity contribution is -0.131. The third-order valence-electron chi connectivity index (χ3n) is 5.19. The maximum absolute atomic E-state index is 12.9. The third kappa shape index (κ3) is 7.40. The average Bonchev–Trinajstić information content (AvgIpc) is 3.24. The van der Waals surface area contributed by atoms with Crippen molar-refractivity contribution in [3.05, 3.63) is 44.9 Å². The number of rotatable bonds is 9. The second-order valence-corrected chi connectivity index (χ2v) is 9.33. The quantitative estimate of drug-likeness (QED) is 0.552. The lowest BCUT2D eigenvalue weighted by Gasteiger charge is -2.26. The van der Waals surface area contributed by atoms with Crippen molar-refractivity contribution in [1.82, 2.24) is 14.8 Å². The monoisotopic (exact) mass is 512 g/mol. The van der Waals surface area contributed by atoms with Gasteiger partial charge in [-0.1, -0.05) is 23.2 Å². The summed E-state index contributed by atoms with van der Waals surface area (Å²) in [5, 5.41) is 5.46. The average molecular weight is 513 g/mol. The highest BCUT2D eigenvalue weighted by atomic mass is 35.5. The molecule has 0 aliphatic carbocycles. The fraction of sp³-hybridized carbons (Fsp3) is 0.455. The van der Waals surface area contributed by atoms with Crippen molar-refractivity contribution in [2.45, 2.75) is 25.7 Å². The van der Waals surface area contributed by atoms with Crippen LogP contribution in [0.25, 0.3) is 0 Å². The molecule has 3 amide bonds. The number of benzene rings is 1. The van der Waals surface area contributed by atoms with Crippen molar-refractivity contribution in [1.29, 1.82) is 0 Å². The van der Waals surface area contributed by atoms with Crippen LogP contribution >= 0.6 is 34.5 Å². The highest BCUT2D eigenvalue weighted by Crippen LogP contribution is 2.23. The molecule has 11 heteroatoms. The van der Waals surface area contributed by atoms with Gasteiger partial charge in [0.05, 0.1) is 28.8 Å². The summed E-state index contributed by atoms with van der Waals surface area (Å²) in [6.07, 6.45) is 3.43. The van der Waals surface area contributed by atoms with E-state index >= 15 is 0 Å². The van der Waals surface area contributed by atoms with E-state index in [9.17, 15) is 14.4 Å². The molecular weight excluding hydrogens is 487 g/mol. The Hall–Kier alpha value is -2.20. The van der Waals surface area contributed by atoms with Gasteiger partial charge >= 0.3 is 0 Å². The normalized spacial score (nSPS) is 13.6. The number of nitrogens with zero attached hydrogens (tertiary/aromatic N) is 3. The van der Waals surface area contributed by atoms with E-state index in [1.807, 2.05) is 4.90 Å². The number of carbonyl (C=O) groups is 3. The van der Waals surface area contributed by atoms with E-state index in [4.69, 9.17) is 27.9 Å². The number of hydrogen-bond donors (Lipinski definition) is 1. The van der Waals surface area contributed by atoms with Crippen molar-refractivity contribution in [3.63, 3.8) is 0 Å². The van der Waals surface area contributed by atoms with E-state index in [2.05, 4.69) is 10.3 Å². The van der Waals surface area contributed by atoms with E-state index in [1.54, 1.807) is 11.4 Å². The molecule has 8 nitrogen and oxygen atoms in total. The predicted octanol–water partition coefficient (Wildman–Crippen LogP) is 3.73. The molecule has 0 radical (unpaired) electrons. The maximum Gasteiger partial charge on any atom is 0.254 e. The van der Waals surface area contributed by atoms with Gasteiger partial charge < -0.3 is 19.9 Å². The SMILES string of the molecule is COCCN(CC(=O)Nc1nc(CC(=O)N2CCCCC2)cs1)C(=O)c1ccc(Cl)c(Cl)c1. The van der Waals surface area contributed by atoms with Crippen LogP contribution in [0.3, 0.4) is 0 Å². The molecule has 1 aliphatic rings. The minimum atomic E-state index is -0.400. The summed E-state index contributed by atoms with van der Waals surface area (Å²) in [5.41, 5.74) is 0.940. The Labute approximate surface area is 206 Å². The fourth-order valence-electron chi connectivity index (χ4n) is 3.45. The number of hydrogen-bond acceptors (Lipinski definition) is 6. The van der Waals surface area contributed by atoms with Crippen LogP contribution in [0.4, 0.5) is 5.13 Å².